The van der Waals surface area contributed by atoms with E-state index in [1.807, 2.05) is 6.07 Å². The first-order valence-corrected chi connectivity index (χ1v) is 6.97. The predicted octanol–water partition coefficient (Wildman–Crippen LogP) is 4.50. The Morgan fingerprint density at radius 2 is 1.60 bits per heavy atom. The number of rotatable bonds is 2. The lowest BCUT2D eigenvalue weighted by Crippen LogP contribution is -2.07. The second-order valence-corrected chi connectivity index (χ2v) is 5.53. The van der Waals surface area contributed by atoms with Gasteiger partial charge >= 0.3 is 0 Å². The van der Waals surface area contributed by atoms with Crippen molar-refractivity contribution in [3.8, 4) is 0 Å². The van der Waals surface area contributed by atoms with Gasteiger partial charge in [-0.3, -0.25) is 4.79 Å². The van der Waals surface area contributed by atoms with Crippen LogP contribution in [0.5, 0.6) is 0 Å². The zero-order valence-electron chi connectivity index (χ0n) is 12.1. The molecule has 0 aromatic heterocycles. The van der Waals surface area contributed by atoms with Crippen molar-refractivity contribution in [3.05, 3.63) is 76.4 Å². The molecule has 100 valence electrons. The average molecular weight is 262 g/mol. The Hall–Kier alpha value is -2.15. The first-order chi connectivity index (χ1) is 9.59. The normalized spacial score (nSPS) is 17.2. The zero-order valence-corrected chi connectivity index (χ0v) is 12.1. The van der Waals surface area contributed by atoms with Crippen LogP contribution >= 0.6 is 0 Å². The van der Waals surface area contributed by atoms with E-state index in [1.165, 1.54) is 22.3 Å². The summed E-state index contributed by atoms with van der Waals surface area (Å²) in [5.41, 5.74) is 6.96. The van der Waals surface area contributed by atoms with Crippen LogP contribution in [0.15, 0.2) is 54.1 Å². The number of carbonyl (C=O) groups is 1. The number of benzene rings is 2. The molecular formula is C19H18O. The molecule has 1 nitrogen and oxygen atoms in total. The standard InChI is InChI=1S/C19H18O/c1-12-8-10-15(11-9-12)19-17-7-5-4-6-16(17)13(2)18(19)14(3)20/h4-11,19H,1-3H3. The summed E-state index contributed by atoms with van der Waals surface area (Å²) in [5.74, 6) is 0.258. The highest BCUT2D eigenvalue weighted by atomic mass is 16.1. The molecule has 1 unspecified atom stereocenters. The van der Waals surface area contributed by atoms with E-state index in [9.17, 15) is 4.79 Å². The van der Waals surface area contributed by atoms with E-state index in [2.05, 4.69) is 56.3 Å². The van der Waals surface area contributed by atoms with Crippen LogP contribution in [0.25, 0.3) is 5.57 Å². The van der Waals surface area contributed by atoms with Crippen LogP contribution in [0.2, 0.25) is 0 Å². The Kier molecular flexibility index (Phi) is 3.06. The maximum atomic E-state index is 12.1. The summed E-state index contributed by atoms with van der Waals surface area (Å²) in [4.78, 5) is 12.1. The van der Waals surface area contributed by atoms with Gasteiger partial charge in [-0.25, -0.2) is 0 Å². The molecule has 20 heavy (non-hydrogen) atoms. The van der Waals surface area contributed by atoms with E-state index in [-0.39, 0.29) is 11.7 Å². The number of carbonyl (C=O) groups excluding carboxylic acids is 1. The molecule has 0 spiro atoms. The Morgan fingerprint density at radius 1 is 0.950 bits per heavy atom. The summed E-state index contributed by atoms with van der Waals surface area (Å²) in [5, 5.41) is 0. The first kappa shape index (κ1) is 12.9. The van der Waals surface area contributed by atoms with Gasteiger partial charge in [-0.05, 0) is 43.0 Å². The van der Waals surface area contributed by atoms with Crippen molar-refractivity contribution in [1.29, 1.82) is 0 Å². The minimum Gasteiger partial charge on any atom is -0.295 e. The Balaban J connectivity index is 2.22. The maximum Gasteiger partial charge on any atom is 0.157 e. The third-order valence-electron chi connectivity index (χ3n) is 4.16. The summed E-state index contributed by atoms with van der Waals surface area (Å²) in [7, 11) is 0. The van der Waals surface area contributed by atoms with Crippen molar-refractivity contribution in [2.24, 2.45) is 0 Å². The lowest BCUT2D eigenvalue weighted by molar-refractivity contribution is -0.113. The van der Waals surface area contributed by atoms with Crippen LogP contribution in [-0.4, -0.2) is 5.78 Å². The van der Waals surface area contributed by atoms with Crippen LogP contribution < -0.4 is 0 Å². The van der Waals surface area contributed by atoms with Gasteiger partial charge < -0.3 is 0 Å². The van der Waals surface area contributed by atoms with Crippen molar-refractivity contribution >= 4 is 11.4 Å². The number of ketones is 1. The molecule has 0 saturated carbocycles. The molecule has 0 aliphatic heterocycles. The molecule has 0 bridgehead atoms. The third kappa shape index (κ3) is 1.90. The van der Waals surface area contributed by atoms with E-state index in [0.29, 0.717) is 0 Å². The van der Waals surface area contributed by atoms with E-state index < -0.39 is 0 Å². The molecule has 0 radical (unpaired) electrons. The van der Waals surface area contributed by atoms with Gasteiger partial charge in [-0.2, -0.15) is 0 Å². The van der Waals surface area contributed by atoms with Crippen LogP contribution in [-0.2, 0) is 4.79 Å². The Labute approximate surface area is 120 Å². The van der Waals surface area contributed by atoms with E-state index in [0.717, 1.165) is 11.1 Å². The van der Waals surface area contributed by atoms with Crippen molar-refractivity contribution < 1.29 is 4.79 Å². The highest BCUT2D eigenvalue weighted by molar-refractivity contribution is 6.05. The lowest BCUT2D eigenvalue weighted by atomic mass is 9.86. The molecule has 2 aromatic rings. The SMILES string of the molecule is CC(=O)C1=C(C)c2ccccc2C1c1ccc(C)cc1. The van der Waals surface area contributed by atoms with Gasteiger partial charge in [0.15, 0.2) is 5.78 Å². The first-order valence-electron chi connectivity index (χ1n) is 6.97. The molecule has 1 atom stereocenters. The number of hydrogen-bond acceptors (Lipinski definition) is 1. The van der Waals surface area contributed by atoms with E-state index in [1.54, 1.807) is 6.92 Å². The summed E-state index contributed by atoms with van der Waals surface area (Å²) < 4.78 is 0. The molecule has 0 fully saturated rings. The van der Waals surface area contributed by atoms with Gasteiger partial charge in [0.1, 0.15) is 0 Å². The lowest BCUT2D eigenvalue weighted by Gasteiger charge is -2.16. The molecule has 0 saturated heterocycles. The quantitative estimate of drug-likeness (QED) is 0.778. The highest BCUT2D eigenvalue weighted by Crippen LogP contribution is 2.45. The van der Waals surface area contributed by atoms with Gasteiger partial charge in [0.2, 0.25) is 0 Å². The van der Waals surface area contributed by atoms with Gasteiger partial charge in [0, 0.05) is 11.5 Å². The monoisotopic (exact) mass is 262 g/mol. The fraction of sp³-hybridized carbons (Fsp3) is 0.211. The molecule has 0 N–H and O–H groups in total. The third-order valence-corrected chi connectivity index (χ3v) is 4.16. The average Bonchev–Trinajstić information content (AvgIpc) is 2.74. The van der Waals surface area contributed by atoms with Gasteiger partial charge in [-0.1, -0.05) is 54.1 Å². The van der Waals surface area contributed by atoms with Crippen molar-refractivity contribution in [1.82, 2.24) is 0 Å². The van der Waals surface area contributed by atoms with Crippen LogP contribution in [0.3, 0.4) is 0 Å². The zero-order chi connectivity index (χ0) is 14.3. The van der Waals surface area contributed by atoms with Gasteiger partial charge in [0.05, 0.1) is 0 Å². The van der Waals surface area contributed by atoms with Crippen molar-refractivity contribution in [2.45, 2.75) is 26.7 Å². The van der Waals surface area contributed by atoms with E-state index >= 15 is 0 Å². The summed E-state index contributed by atoms with van der Waals surface area (Å²) in [6.45, 7) is 5.81. The van der Waals surface area contributed by atoms with Crippen LogP contribution in [0.1, 0.15) is 42.0 Å². The Bertz CT molecular complexity index is 705. The number of allylic oxidation sites excluding steroid dienone is 2. The second-order valence-electron chi connectivity index (χ2n) is 5.53. The van der Waals surface area contributed by atoms with Crippen molar-refractivity contribution in [2.75, 3.05) is 0 Å². The minimum absolute atomic E-state index is 0.0873. The molecule has 1 aliphatic carbocycles. The maximum absolute atomic E-state index is 12.1. The highest BCUT2D eigenvalue weighted by Gasteiger charge is 2.32. The molecule has 0 amide bonds. The molecule has 2 aromatic carbocycles. The molecule has 0 heterocycles. The second kappa shape index (κ2) is 4.75. The fourth-order valence-corrected chi connectivity index (χ4v) is 3.18. The minimum atomic E-state index is 0.0873. The van der Waals surface area contributed by atoms with Crippen molar-refractivity contribution in [3.63, 3.8) is 0 Å². The fourth-order valence-electron chi connectivity index (χ4n) is 3.18. The summed E-state index contributed by atoms with van der Waals surface area (Å²) >= 11 is 0. The van der Waals surface area contributed by atoms with Gasteiger partial charge in [0.25, 0.3) is 0 Å². The Morgan fingerprint density at radius 3 is 2.25 bits per heavy atom. The van der Waals surface area contributed by atoms with Crippen LogP contribution in [0, 0.1) is 6.92 Å². The molecule has 3 rings (SSSR count). The largest absolute Gasteiger partial charge is 0.295 e. The summed E-state index contributed by atoms with van der Waals surface area (Å²) in [6.07, 6.45) is 0. The molecular weight excluding hydrogens is 244 g/mol. The number of fused-ring (bicyclic) bond motifs is 1. The predicted molar refractivity (Wildman–Crippen MR) is 82.7 cm³/mol. The number of Topliss-reactive ketones (excluding diaryl/α,β-unsaturated/α-hetero) is 1. The van der Waals surface area contributed by atoms with Gasteiger partial charge in [-0.15, -0.1) is 0 Å². The summed E-state index contributed by atoms with van der Waals surface area (Å²) in [6, 6.07) is 16.8. The topological polar surface area (TPSA) is 17.1 Å². The number of aryl methyl sites for hydroxylation is 1. The van der Waals surface area contributed by atoms with Crippen LogP contribution in [0.4, 0.5) is 0 Å². The van der Waals surface area contributed by atoms with E-state index in [4.69, 9.17) is 0 Å². The molecule has 1 aliphatic rings. The smallest absolute Gasteiger partial charge is 0.157 e. The molecule has 1 heteroatoms. The number of hydrogen-bond donors (Lipinski definition) is 0.